The third kappa shape index (κ3) is 3.80. The molecule has 0 saturated carbocycles. The van der Waals surface area contributed by atoms with Crippen molar-refractivity contribution in [3.05, 3.63) is 72.4 Å². The van der Waals surface area contributed by atoms with Crippen molar-refractivity contribution in [1.82, 2.24) is 9.88 Å². The van der Waals surface area contributed by atoms with Gasteiger partial charge in [-0.1, -0.05) is 42.5 Å². The second-order valence-corrected chi connectivity index (χ2v) is 7.27. The molecule has 4 heteroatoms. The van der Waals surface area contributed by atoms with E-state index in [0.29, 0.717) is 6.42 Å². The van der Waals surface area contributed by atoms with E-state index in [1.54, 1.807) is 6.20 Å². The fourth-order valence-corrected chi connectivity index (χ4v) is 4.03. The van der Waals surface area contributed by atoms with Gasteiger partial charge in [-0.3, -0.25) is 9.78 Å². The lowest BCUT2D eigenvalue weighted by molar-refractivity contribution is -0.131. The Morgan fingerprint density at radius 2 is 1.93 bits per heavy atom. The minimum Gasteiger partial charge on any atom is -0.373 e. The summed E-state index contributed by atoms with van der Waals surface area (Å²) in [7, 11) is 2.10. The molecule has 1 amide bonds. The minimum atomic E-state index is 0.206. The lowest BCUT2D eigenvalue weighted by Gasteiger charge is -2.30. The molecule has 2 heterocycles. The highest BCUT2D eigenvalue weighted by Gasteiger charge is 2.29. The zero-order valence-corrected chi connectivity index (χ0v) is 15.7. The van der Waals surface area contributed by atoms with Crippen LogP contribution in [0.15, 0.2) is 66.9 Å². The number of benzene rings is 2. The molecule has 0 N–H and O–H groups in total. The molecule has 0 unspecified atom stereocenters. The molecule has 0 spiro atoms. The largest absolute Gasteiger partial charge is 0.373 e. The molecular formula is C23H25N3O. The van der Waals surface area contributed by atoms with Crippen LogP contribution >= 0.6 is 0 Å². The van der Waals surface area contributed by atoms with Crippen LogP contribution in [-0.2, 0) is 11.2 Å². The van der Waals surface area contributed by atoms with Crippen molar-refractivity contribution >= 4 is 22.5 Å². The van der Waals surface area contributed by atoms with Crippen molar-refractivity contribution in [2.24, 2.45) is 0 Å². The molecule has 0 bridgehead atoms. The van der Waals surface area contributed by atoms with Crippen LogP contribution in [0.3, 0.4) is 0 Å². The number of rotatable bonds is 5. The zero-order valence-electron chi connectivity index (χ0n) is 15.7. The molecule has 1 aliphatic heterocycles. The Hall–Kier alpha value is -2.88. The number of fused-ring (bicyclic) bond motifs is 1. The van der Waals surface area contributed by atoms with E-state index in [9.17, 15) is 4.79 Å². The fraction of sp³-hybridized carbons (Fsp3) is 0.304. The van der Waals surface area contributed by atoms with E-state index in [1.807, 2.05) is 36.4 Å². The Balaban J connectivity index is 1.47. The van der Waals surface area contributed by atoms with Gasteiger partial charge in [0.1, 0.15) is 0 Å². The highest BCUT2D eigenvalue weighted by Crippen LogP contribution is 2.23. The van der Waals surface area contributed by atoms with Crippen molar-refractivity contribution in [2.75, 3.05) is 25.0 Å². The van der Waals surface area contributed by atoms with Crippen LogP contribution < -0.4 is 4.90 Å². The van der Waals surface area contributed by atoms with E-state index in [2.05, 4.69) is 46.1 Å². The SMILES string of the molecule is CN(C[C@@H]1CCCN1C(=O)Cc1cccc2cccnc12)c1ccccc1. The summed E-state index contributed by atoms with van der Waals surface area (Å²) in [6.07, 6.45) is 4.35. The topological polar surface area (TPSA) is 36.4 Å². The van der Waals surface area contributed by atoms with Gasteiger partial charge in [-0.25, -0.2) is 0 Å². The van der Waals surface area contributed by atoms with Crippen molar-refractivity contribution in [3.8, 4) is 0 Å². The third-order valence-electron chi connectivity index (χ3n) is 5.44. The number of carbonyl (C=O) groups excluding carboxylic acids is 1. The van der Waals surface area contributed by atoms with Crippen LogP contribution in [0.5, 0.6) is 0 Å². The summed E-state index contributed by atoms with van der Waals surface area (Å²) in [4.78, 5) is 21.9. The summed E-state index contributed by atoms with van der Waals surface area (Å²) in [5.41, 5.74) is 3.14. The predicted molar refractivity (Wildman–Crippen MR) is 110 cm³/mol. The van der Waals surface area contributed by atoms with Crippen LogP contribution in [0.25, 0.3) is 10.9 Å². The van der Waals surface area contributed by atoms with E-state index in [4.69, 9.17) is 0 Å². The lowest BCUT2D eigenvalue weighted by Crippen LogP contribution is -2.43. The third-order valence-corrected chi connectivity index (χ3v) is 5.44. The summed E-state index contributed by atoms with van der Waals surface area (Å²) in [6.45, 7) is 1.72. The van der Waals surface area contributed by atoms with Crippen LogP contribution in [0.1, 0.15) is 18.4 Å². The van der Waals surface area contributed by atoms with Gasteiger partial charge in [0, 0.05) is 43.4 Å². The summed E-state index contributed by atoms with van der Waals surface area (Å²) in [5, 5.41) is 1.09. The minimum absolute atomic E-state index is 0.206. The van der Waals surface area contributed by atoms with Gasteiger partial charge in [-0.2, -0.15) is 0 Å². The van der Waals surface area contributed by atoms with E-state index in [-0.39, 0.29) is 11.9 Å². The molecule has 2 aromatic carbocycles. The van der Waals surface area contributed by atoms with Gasteiger partial charge in [-0.05, 0) is 36.6 Å². The molecule has 138 valence electrons. The normalized spacial score (nSPS) is 16.6. The average Bonchev–Trinajstić information content (AvgIpc) is 3.17. The average molecular weight is 359 g/mol. The van der Waals surface area contributed by atoms with Gasteiger partial charge in [0.25, 0.3) is 0 Å². The number of likely N-dealkylation sites (N-methyl/N-ethyl adjacent to an activating group) is 1. The first kappa shape index (κ1) is 17.5. The maximum Gasteiger partial charge on any atom is 0.227 e. The number of anilines is 1. The first-order chi connectivity index (χ1) is 13.2. The Morgan fingerprint density at radius 3 is 2.78 bits per heavy atom. The number of para-hydroxylation sites is 2. The lowest BCUT2D eigenvalue weighted by atomic mass is 10.1. The van der Waals surface area contributed by atoms with Crippen LogP contribution in [0, 0.1) is 0 Å². The number of aromatic nitrogens is 1. The van der Waals surface area contributed by atoms with E-state index in [1.165, 1.54) is 5.69 Å². The smallest absolute Gasteiger partial charge is 0.227 e. The number of amides is 1. The highest BCUT2D eigenvalue weighted by atomic mass is 16.2. The van der Waals surface area contributed by atoms with Gasteiger partial charge in [0.2, 0.25) is 5.91 Å². The number of carbonyl (C=O) groups is 1. The van der Waals surface area contributed by atoms with Crippen LogP contribution in [-0.4, -0.2) is 42.0 Å². The molecular weight excluding hydrogens is 334 g/mol. The van der Waals surface area contributed by atoms with Crippen LogP contribution in [0.4, 0.5) is 5.69 Å². The Morgan fingerprint density at radius 1 is 1.11 bits per heavy atom. The molecule has 0 radical (unpaired) electrons. The Labute approximate surface area is 160 Å². The highest BCUT2D eigenvalue weighted by molar-refractivity contribution is 5.87. The quantitative estimate of drug-likeness (QED) is 0.693. The summed E-state index contributed by atoms with van der Waals surface area (Å²) in [6, 6.07) is 20.7. The Bertz CT molecular complexity index is 920. The summed E-state index contributed by atoms with van der Waals surface area (Å²) < 4.78 is 0. The number of nitrogens with zero attached hydrogens (tertiary/aromatic N) is 3. The van der Waals surface area contributed by atoms with Crippen molar-refractivity contribution in [3.63, 3.8) is 0 Å². The fourth-order valence-electron chi connectivity index (χ4n) is 4.03. The molecule has 27 heavy (non-hydrogen) atoms. The first-order valence-corrected chi connectivity index (χ1v) is 9.60. The maximum atomic E-state index is 13.1. The number of pyridine rings is 1. The zero-order chi connectivity index (χ0) is 18.6. The maximum absolute atomic E-state index is 13.1. The molecule has 4 nitrogen and oxygen atoms in total. The number of likely N-dealkylation sites (tertiary alicyclic amines) is 1. The molecule has 1 aliphatic rings. The van der Waals surface area contributed by atoms with E-state index < -0.39 is 0 Å². The standard InChI is InChI=1S/C23H25N3O/c1-25(20-11-3-2-4-12-20)17-21-13-7-15-26(21)22(27)16-19-9-5-8-18-10-6-14-24-23(18)19/h2-6,8-12,14,21H,7,13,15-17H2,1H3/t21-/m0/s1. The molecule has 1 fully saturated rings. The molecule has 0 aliphatic carbocycles. The Kier molecular flexibility index (Phi) is 5.05. The molecule has 1 saturated heterocycles. The molecule has 1 aromatic heterocycles. The predicted octanol–water partition coefficient (Wildman–Crippen LogP) is 3.90. The number of hydrogen-bond acceptors (Lipinski definition) is 3. The number of hydrogen-bond donors (Lipinski definition) is 0. The van der Waals surface area contributed by atoms with Crippen LogP contribution in [0.2, 0.25) is 0 Å². The van der Waals surface area contributed by atoms with Gasteiger partial charge in [0.15, 0.2) is 0 Å². The monoisotopic (exact) mass is 359 g/mol. The van der Waals surface area contributed by atoms with Crippen molar-refractivity contribution in [1.29, 1.82) is 0 Å². The van der Waals surface area contributed by atoms with Gasteiger partial charge in [-0.15, -0.1) is 0 Å². The van der Waals surface area contributed by atoms with Gasteiger partial charge in [0.05, 0.1) is 11.9 Å². The first-order valence-electron chi connectivity index (χ1n) is 9.60. The summed E-state index contributed by atoms with van der Waals surface area (Å²) in [5.74, 6) is 0.206. The van der Waals surface area contributed by atoms with E-state index >= 15 is 0 Å². The second-order valence-electron chi connectivity index (χ2n) is 7.27. The van der Waals surface area contributed by atoms with Gasteiger partial charge >= 0.3 is 0 Å². The molecule has 1 atom stereocenters. The van der Waals surface area contributed by atoms with Crippen molar-refractivity contribution in [2.45, 2.75) is 25.3 Å². The summed E-state index contributed by atoms with van der Waals surface area (Å²) >= 11 is 0. The van der Waals surface area contributed by atoms with Crippen molar-refractivity contribution < 1.29 is 4.79 Å². The van der Waals surface area contributed by atoms with E-state index in [0.717, 1.165) is 42.4 Å². The van der Waals surface area contributed by atoms with Gasteiger partial charge < -0.3 is 9.80 Å². The molecule has 3 aromatic rings. The second kappa shape index (κ2) is 7.78. The molecule has 4 rings (SSSR count).